The monoisotopic (exact) mass is 600 g/mol. The largest absolute Gasteiger partial charge is 0.456 e. The molecule has 1 nitrogen and oxygen atoms in total. The Balaban J connectivity index is 1.57. The van der Waals surface area contributed by atoms with Gasteiger partial charge in [0.05, 0.1) is 38.4 Å². The Morgan fingerprint density at radius 3 is 1.49 bits per heavy atom. The third-order valence-electron chi connectivity index (χ3n) is 7.07. The summed E-state index contributed by atoms with van der Waals surface area (Å²) in [6, 6.07) is -26.7. The fraction of sp³-hybridized carbons (Fsp3) is 0. The number of hydrogen-bond acceptors (Lipinski definition) is 1. The zero-order valence-electron chi connectivity index (χ0n) is 50.4. The molecule has 0 radical (unpaired) electrons. The summed E-state index contributed by atoms with van der Waals surface area (Å²) in [6.07, 6.45) is 0. The number of fused-ring (bicyclic) bond motifs is 5. The van der Waals surface area contributed by atoms with E-state index >= 15 is 0 Å². The van der Waals surface area contributed by atoms with E-state index in [1.807, 2.05) is 0 Å². The Morgan fingerprint density at radius 2 is 0.844 bits per heavy atom. The van der Waals surface area contributed by atoms with E-state index in [4.69, 9.17) is 30.5 Å². The van der Waals surface area contributed by atoms with Gasteiger partial charge in [0.25, 0.3) is 0 Å². The van der Waals surface area contributed by atoms with Gasteiger partial charge in [0.2, 0.25) is 0 Å². The van der Waals surface area contributed by atoms with Crippen molar-refractivity contribution < 1.29 is 42.8 Å². The molecule has 0 fully saturated rings. The third-order valence-corrected chi connectivity index (χ3v) is 7.07. The van der Waals surface area contributed by atoms with Crippen LogP contribution in [0.25, 0.3) is 88.0 Å². The normalized spacial score (nSPS) is 20.3. The molecule has 0 saturated heterocycles. The molecule has 0 aliphatic heterocycles. The smallest absolute Gasteiger partial charge is 0.136 e. The van der Waals surface area contributed by atoms with Crippen molar-refractivity contribution in [3.63, 3.8) is 0 Å². The predicted molar refractivity (Wildman–Crippen MR) is 190 cm³/mol. The second-order valence-corrected chi connectivity index (χ2v) is 9.51. The van der Waals surface area contributed by atoms with E-state index in [0.29, 0.717) is 0 Å². The highest BCUT2D eigenvalue weighted by atomic mass is 16.3. The van der Waals surface area contributed by atoms with Gasteiger partial charge in [-0.25, -0.2) is 0 Å². The molecule has 1 heterocycles. The van der Waals surface area contributed by atoms with Gasteiger partial charge in [-0.05, 0) is 90.2 Å². The lowest BCUT2D eigenvalue weighted by molar-refractivity contribution is 0.669. The van der Waals surface area contributed by atoms with E-state index in [1.165, 1.54) is 0 Å². The van der Waals surface area contributed by atoms with Crippen LogP contribution in [0.1, 0.15) is 38.4 Å². The van der Waals surface area contributed by atoms with Crippen LogP contribution in [0.3, 0.4) is 0 Å². The first kappa shape index (κ1) is 10.1. The van der Waals surface area contributed by atoms with E-state index in [2.05, 4.69) is 0 Å². The molecule has 0 aliphatic carbocycles. The summed E-state index contributed by atoms with van der Waals surface area (Å²) in [5.74, 6) is 0. The van der Waals surface area contributed by atoms with Crippen LogP contribution in [-0.2, 0) is 0 Å². The maximum atomic E-state index is 9.74. The van der Waals surface area contributed by atoms with Crippen LogP contribution in [-0.4, -0.2) is 0 Å². The van der Waals surface area contributed by atoms with Crippen LogP contribution in [0.15, 0.2) is 174 Å². The van der Waals surface area contributed by atoms with Crippen LogP contribution in [0.5, 0.6) is 0 Å². The van der Waals surface area contributed by atoms with E-state index in [0.717, 1.165) is 0 Å². The lowest BCUT2D eigenvalue weighted by Gasteiger charge is -2.18. The van der Waals surface area contributed by atoms with Crippen molar-refractivity contribution in [3.05, 3.63) is 169 Å². The van der Waals surface area contributed by atoms with Crippen molar-refractivity contribution >= 4 is 43.5 Å². The van der Waals surface area contributed by atoms with Crippen molar-refractivity contribution in [2.24, 2.45) is 0 Å². The van der Waals surface area contributed by atoms with Gasteiger partial charge in [0.15, 0.2) is 0 Å². The summed E-state index contributed by atoms with van der Waals surface area (Å²) in [4.78, 5) is 0. The number of hydrogen-bond donors (Lipinski definition) is 0. The Hall–Kier alpha value is -5.92. The minimum Gasteiger partial charge on any atom is -0.456 e. The quantitative estimate of drug-likeness (QED) is 0.183. The fourth-order valence-electron chi connectivity index (χ4n) is 5.23. The predicted octanol–water partition coefficient (Wildman–Crippen LogP) is 12.6. The Bertz CT molecular complexity index is 3980. The molecule has 0 aliphatic rings. The molecule has 0 spiro atoms. The number of rotatable bonds is 4. The molecule has 210 valence electrons. The minimum absolute atomic E-state index is 0.503. The van der Waals surface area contributed by atoms with Gasteiger partial charge in [-0.3, -0.25) is 0 Å². The highest BCUT2D eigenvalue weighted by molar-refractivity contribution is 6.22. The molecule has 1 heteroatoms. The molecule has 9 aromatic rings. The first-order chi connectivity index (χ1) is 34.0. The van der Waals surface area contributed by atoms with Gasteiger partial charge in [-0.2, -0.15) is 0 Å². The topological polar surface area (TPSA) is 13.1 Å². The molecule has 9 rings (SSSR count). The molecular formula is C44H28O. The van der Waals surface area contributed by atoms with Gasteiger partial charge in [-0.15, -0.1) is 0 Å². The average molecular weight is 601 g/mol. The summed E-state index contributed by atoms with van der Waals surface area (Å²) >= 11 is 0. The number of benzene rings is 8. The summed E-state index contributed by atoms with van der Waals surface area (Å²) < 4.78 is 255. The zero-order valence-corrected chi connectivity index (χ0v) is 22.4. The molecule has 45 heavy (non-hydrogen) atoms. The highest BCUT2D eigenvalue weighted by Gasteiger charge is 2.19. The van der Waals surface area contributed by atoms with E-state index in [9.17, 15) is 12.3 Å². The lowest BCUT2D eigenvalue weighted by atomic mass is 9.85. The molecule has 8 aromatic carbocycles. The Morgan fingerprint density at radius 1 is 0.333 bits per heavy atom. The molecule has 0 unspecified atom stereocenters. The molecule has 1 aromatic heterocycles. The summed E-state index contributed by atoms with van der Waals surface area (Å²) in [5, 5.41) is -4.13. The van der Waals surface area contributed by atoms with Gasteiger partial charge in [0.1, 0.15) is 11.2 Å². The third kappa shape index (κ3) is 4.17. The SMILES string of the molecule is [2H]c1c([2H])c([2H])c(-c2c([2H])c([2H])c([2H])c(-c3c4c([2H])c([2H])c([2H])c([2H])c4c(-c4c([2H])c([2H])c5c(oc6c([2H])c([2H])c([2H])c(-c7c([2H])c([2H])c([2H])c([2H])c7[2H])c65)c4[2H])c4c([2H])c([2H])c([2H])c([2H])c34)c2[2H])c([2H])c1[2H]. The van der Waals surface area contributed by atoms with Crippen LogP contribution >= 0.6 is 0 Å². The summed E-state index contributed by atoms with van der Waals surface area (Å²) in [5.41, 5.74) is -7.49. The minimum atomic E-state index is -1.06. The van der Waals surface area contributed by atoms with Crippen molar-refractivity contribution in [2.75, 3.05) is 0 Å². The van der Waals surface area contributed by atoms with Crippen molar-refractivity contribution in [3.8, 4) is 44.5 Å². The van der Waals surface area contributed by atoms with E-state index < -0.39 is 257 Å². The van der Waals surface area contributed by atoms with Crippen molar-refractivity contribution in [2.45, 2.75) is 0 Å². The lowest BCUT2D eigenvalue weighted by Crippen LogP contribution is -1.91. The van der Waals surface area contributed by atoms with Crippen LogP contribution < -0.4 is 0 Å². The van der Waals surface area contributed by atoms with Crippen LogP contribution in [0, 0.1) is 0 Å². The molecule has 0 bridgehead atoms. The maximum absolute atomic E-state index is 9.74. The summed E-state index contributed by atoms with van der Waals surface area (Å²) in [6.45, 7) is 0. The first-order valence-corrected chi connectivity index (χ1v) is 13.2. The van der Waals surface area contributed by atoms with Crippen molar-refractivity contribution in [1.82, 2.24) is 0 Å². The highest BCUT2D eigenvalue weighted by Crippen LogP contribution is 2.45. The standard InChI is InChI=1S/C44H28O/c1-3-13-29(14-4-1)31-17-11-18-32(27-31)42-35-19-7-9-21-37(35)43(38-22-10-8-20-36(38)42)33-25-26-39-41(28-33)45-40-24-12-23-34(44(39)40)30-15-5-2-6-16-30/h1-28H/i1D,2D,3D,4D,5D,6D,7D,8D,9D,10D,11D,12D,13D,14D,15D,16D,17D,18D,19D,20D,21D,22D,23D,24D,25D,26D,27D,28D. The summed E-state index contributed by atoms with van der Waals surface area (Å²) in [7, 11) is 0. The van der Waals surface area contributed by atoms with Crippen LogP contribution in [0.4, 0.5) is 0 Å². The van der Waals surface area contributed by atoms with Gasteiger partial charge >= 0.3 is 0 Å². The molecule has 0 amide bonds. The average Bonchev–Trinajstić information content (AvgIpc) is 3.77. The van der Waals surface area contributed by atoms with Gasteiger partial charge < -0.3 is 4.42 Å². The van der Waals surface area contributed by atoms with Gasteiger partial charge in [0, 0.05) is 10.8 Å². The Labute approximate surface area is 301 Å². The molecular weight excluding hydrogens is 544 g/mol. The second kappa shape index (κ2) is 10.4. The molecule has 0 N–H and O–H groups in total. The maximum Gasteiger partial charge on any atom is 0.136 e. The van der Waals surface area contributed by atoms with Crippen molar-refractivity contribution in [1.29, 1.82) is 0 Å². The fourth-order valence-corrected chi connectivity index (χ4v) is 5.23. The van der Waals surface area contributed by atoms with Crippen LogP contribution in [0.2, 0.25) is 0 Å². The second-order valence-electron chi connectivity index (χ2n) is 9.51. The first-order valence-electron chi connectivity index (χ1n) is 27.2. The van der Waals surface area contributed by atoms with E-state index in [-0.39, 0.29) is 0 Å². The molecule has 0 atom stereocenters. The Kier molecular flexibility index (Phi) is 2.32. The number of furan rings is 1. The zero-order chi connectivity index (χ0) is 54.1. The van der Waals surface area contributed by atoms with Gasteiger partial charge in [-0.1, -0.05) is 145 Å². The van der Waals surface area contributed by atoms with E-state index in [1.54, 1.807) is 0 Å². The molecule has 0 saturated carbocycles.